The molecule has 138 valence electrons. The standard InChI is InChI=1S/C20H32N4O/c1-14(2)17-11-18(22-16(5)21-17)23-10-6-8-20(12-23)9-7-19(25)24(13-20)15(3)4/h11,14-15H,6-10,12-13H2,1-5H3. The first-order valence-electron chi connectivity index (χ1n) is 9.70. The van der Waals surface area contributed by atoms with Crippen LogP contribution < -0.4 is 4.90 Å². The van der Waals surface area contributed by atoms with Crippen LogP contribution in [-0.2, 0) is 4.79 Å². The van der Waals surface area contributed by atoms with E-state index in [0.717, 1.165) is 43.4 Å². The molecule has 2 saturated heterocycles. The van der Waals surface area contributed by atoms with E-state index in [2.05, 4.69) is 48.5 Å². The number of rotatable bonds is 3. The molecule has 0 saturated carbocycles. The maximum atomic E-state index is 12.3. The van der Waals surface area contributed by atoms with E-state index >= 15 is 0 Å². The third-order valence-electron chi connectivity index (χ3n) is 5.74. The first-order chi connectivity index (χ1) is 11.8. The average Bonchev–Trinajstić information content (AvgIpc) is 2.57. The Labute approximate surface area is 151 Å². The number of hydrogen-bond donors (Lipinski definition) is 0. The molecule has 3 rings (SSSR count). The Morgan fingerprint density at radius 3 is 2.56 bits per heavy atom. The van der Waals surface area contributed by atoms with Crippen molar-refractivity contribution >= 4 is 11.7 Å². The van der Waals surface area contributed by atoms with E-state index < -0.39 is 0 Å². The zero-order chi connectivity index (χ0) is 18.2. The number of carbonyl (C=O) groups excluding carboxylic acids is 1. The number of anilines is 1. The second kappa shape index (κ2) is 6.93. The van der Waals surface area contributed by atoms with Gasteiger partial charge in [-0.2, -0.15) is 0 Å². The van der Waals surface area contributed by atoms with Gasteiger partial charge in [0.05, 0.1) is 0 Å². The molecule has 0 aromatic carbocycles. The molecule has 2 fully saturated rings. The van der Waals surface area contributed by atoms with Crippen LogP contribution in [0.5, 0.6) is 0 Å². The van der Waals surface area contributed by atoms with Gasteiger partial charge in [-0.25, -0.2) is 9.97 Å². The second-order valence-corrected chi connectivity index (χ2v) is 8.49. The maximum absolute atomic E-state index is 12.3. The Balaban J connectivity index is 1.83. The summed E-state index contributed by atoms with van der Waals surface area (Å²) in [6, 6.07) is 2.44. The van der Waals surface area contributed by atoms with Gasteiger partial charge in [-0.15, -0.1) is 0 Å². The summed E-state index contributed by atoms with van der Waals surface area (Å²) in [7, 11) is 0. The van der Waals surface area contributed by atoms with Crippen LogP contribution in [0.2, 0.25) is 0 Å². The molecule has 25 heavy (non-hydrogen) atoms. The minimum Gasteiger partial charge on any atom is -0.356 e. The molecule has 1 unspecified atom stereocenters. The lowest BCUT2D eigenvalue weighted by molar-refractivity contribution is -0.140. The van der Waals surface area contributed by atoms with E-state index in [4.69, 9.17) is 4.98 Å². The molecular formula is C20H32N4O. The third kappa shape index (κ3) is 3.80. The lowest BCUT2D eigenvalue weighted by atomic mass is 9.73. The van der Waals surface area contributed by atoms with Crippen LogP contribution in [0.15, 0.2) is 6.07 Å². The number of likely N-dealkylation sites (tertiary alicyclic amines) is 1. The first-order valence-corrected chi connectivity index (χ1v) is 9.70. The second-order valence-electron chi connectivity index (χ2n) is 8.49. The van der Waals surface area contributed by atoms with Crippen molar-refractivity contribution in [1.82, 2.24) is 14.9 Å². The quantitative estimate of drug-likeness (QED) is 0.842. The Kier molecular flexibility index (Phi) is 5.03. The van der Waals surface area contributed by atoms with Crippen LogP contribution in [0.1, 0.15) is 70.8 Å². The number of aryl methyl sites for hydroxylation is 1. The van der Waals surface area contributed by atoms with Crippen LogP contribution >= 0.6 is 0 Å². The molecule has 0 aliphatic carbocycles. The Bertz CT molecular complexity index is 643. The predicted octanol–water partition coefficient (Wildman–Crippen LogP) is 3.53. The van der Waals surface area contributed by atoms with Crippen LogP contribution in [0, 0.1) is 12.3 Å². The number of carbonyl (C=O) groups is 1. The number of piperidine rings is 2. The molecule has 2 aliphatic rings. The topological polar surface area (TPSA) is 49.3 Å². The van der Waals surface area contributed by atoms with Gasteiger partial charge in [-0.05, 0) is 46.0 Å². The molecule has 3 heterocycles. The van der Waals surface area contributed by atoms with E-state index in [0.29, 0.717) is 18.2 Å². The van der Waals surface area contributed by atoms with Crippen molar-refractivity contribution in [1.29, 1.82) is 0 Å². The molecule has 1 spiro atoms. The minimum absolute atomic E-state index is 0.216. The minimum atomic E-state index is 0.216. The van der Waals surface area contributed by atoms with E-state index in [1.54, 1.807) is 0 Å². The number of nitrogens with zero attached hydrogens (tertiary/aromatic N) is 4. The molecule has 0 N–H and O–H groups in total. The number of hydrogen-bond acceptors (Lipinski definition) is 4. The Morgan fingerprint density at radius 1 is 1.12 bits per heavy atom. The molecule has 0 radical (unpaired) electrons. The summed E-state index contributed by atoms with van der Waals surface area (Å²) in [6.45, 7) is 13.5. The Morgan fingerprint density at radius 2 is 1.88 bits per heavy atom. The molecular weight excluding hydrogens is 312 g/mol. The van der Waals surface area contributed by atoms with Gasteiger partial charge in [-0.1, -0.05) is 13.8 Å². The molecule has 0 bridgehead atoms. The zero-order valence-corrected chi connectivity index (χ0v) is 16.4. The highest BCUT2D eigenvalue weighted by Crippen LogP contribution is 2.40. The summed E-state index contributed by atoms with van der Waals surface area (Å²) in [6.07, 6.45) is 4.07. The van der Waals surface area contributed by atoms with E-state index in [1.807, 2.05) is 6.92 Å². The summed E-state index contributed by atoms with van der Waals surface area (Å²) in [5.41, 5.74) is 1.33. The van der Waals surface area contributed by atoms with Crippen LogP contribution in [0.3, 0.4) is 0 Å². The highest BCUT2D eigenvalue weighted by atomic mass is 16.2. The SMILES string of the molecule is Cc1nc(C(C)C)cc(N2CCCC3(CCC(=O)N(C(C)C)C3)C2)n1. The summed E-state index contributed by atoms with van der Waals surface area (Å²) >= 11 is 0. The first kappa shape index (κ1) is 18.2. The molecule has 1 aromatic heterocycles. The van der Waals surface area contributed by atoms with Crippen LogP contribution in [0.25, 0.3) is 0 Å². The Hall–Kier alpha value is -1.65. The van der Waals surface area contributed by atoms with Crippen molar-refractivity contribution in [3.8, 4) is 0 Å². The van der Waals surface area contributed by atoms with Crippen molar-refractivity contribution in [3.63, 3.8) is 0 Å². The molecule has 2 aliphatic heterocycles. The number of aromatic nitrogens is 2. The molecule has 5 nitrogen and oxygen atoms in total. The largest absolute Gasteiger partial charge is 0.356 e. The van der Waals surface area contributed by atoms with Gasteiger partial charge in [0.15, 0.2) is 0 Å². The fraction of sp³-hybridized carbons (Fsp3) is 0.750. The highest BCUT2D eigenvalue weighted by molar-refractivity contribution is 5.77. The average molecular weight is 345 g/mol. The zero-order valence-electron chi connectivity index (χ0n) is 16.4. The fourth-order valence-electron chi connectivity index (χ4n) is 4.28. The molecule has 5 heteroatoms. The van der Waals surface area contributed by atoms with Crippen LogP contribution in [0.4, 0.5) is 5.82 Å². The van der Waals surface area contributed by atoms with Crippen molar-refractivity contribution in [3.05, 3.63) is 17.6 Å². The van der Waals surface area contributed by atoms with E-state index in [1.165, 1.54) is 12.8 Å². The van der Waals surface area contributed by atoms with Crippen molar-refractivity contribution < 1.29 is 4.79 Å². The normalized spacial score (nSPS) is 24.7. The predicted molar refractivity (Wildman–Crippen MR) is 101 cm³/mol. The lowest BCUT2D eigenvalue weighted by Crippen LogP contribution is -2.55. The van der Waals surface area contributed by atoms with Crippen molar-refractivity contribution in [2.24, 2.45) is 5.41 Å². The fourth-order valence-corrected chi connectivity index (χ4v) is 4.28. The van der Waals surface area contributed by atoms with Gasteiger partial charge in [0.2, 0.25) is 5.91 Å². The van der Waals surface area contributed by atoms with Gasteiger partial charge in [0, 0.05) is 49.3 Å². The van der Waals surface area contributed by atoms with Gasteiger partial charge >= 0.3 is 0 Å². The van der Waals surface area contributed by atoms with Crippen molar-refractivity contribution in [2.75, 3.05) is 24.5 Å². The van der Waals surface area contributed by atoms with Crippen LogP contribution in [-0.4, -0.2) is 46.5 Å². The number of amides is 1. The van der Waals surface area contributed by atoms with Gasteiger partial charge in [0.25, 0.3) is 0 Å². The third-order valence-corrected chi connectivity index (χ3v) is 5.74. The van der Waals surface area contributed by atoms with Gasteiger partial charge in [-0.3, -0.25) is 4.79 Å². The molecule has 1 aromatic rings. The summed E-state index contributed by atoms with van der Waals surface area (Å²) in [4.78, 5) is 26.1. The van der Waals surface area contributed by atoms with Crippen molar-refractivity contribution in [2.45, 2.75) is 72.3 Å². The summed E-state index contributed by atoms with van der Waals surface area (Å²) < 4.78 is 0. The summed E-state index contributed by atoms with van der Waals surface area (Å²) in [5, 5.41) is 0. The smallest absolute Gasteiger partial charge is 0.222 e. The molecule has 1 amide bonds. The lowest BCUT2D eigenvalue weighted by Gasteiger charge is -2.49. The van der Waals surface area contributed by atoms with E-state index in [9.17, 15) is 4.79 Å². The molecule has 1 atom stereocenters. The van der Waals surface area contributed by atoms with Gasteiger partial charge < -0.3 is 9.80 Å². The highest BCUT2D eigenvalue weighted by Gasteiger charge is 2.42. The summed E-state index contributed by atoms with van der Waals surface area (Å²) in [5.74, 6) is 2.63. The monoisotopic (exact) mass is 344 g/mol. The van der Waals surface area contributed by atoms with E-state index in [-0.39, 0.29) is 11.5 Å². The maximum Gasteiger partial charge on any atom is 0.222 e. The van der Waals surface area contributed by atoms with Gasteiger partial charge in [0.1, 0.15) is 11.6 Å².